The number of nitrogens with zero attached hydrogens (tertiary/aromatic N) is 1. The maximum absolute atomic E-state index is 12.0. The van der Waals surface area contributed by atoms with Gasteiger partial charge >= 0.3 is 5.97 Å². The van der Waals surface area contributed by atoms with Crippen LogP contribution < -0.4 is 5.32 Å². The third-order valence-corrected chi connectivity index (χ3v) is 4.04. The Bertz CT molecular complexity index is 535. The molecule has 1 fully saturated rings. The van der Waals surface area contributed by atoms with Gasteiger partial charge in [0, 0.05) is 13.1 Å². The van der Waals surface area contributed by atoms with Crippen molar-refractivity contribution in [1.29, 1.82) is 0 Å². The second-order valence-electron chi connectivity index (χ2n) is 5.33. The van der Waals surface area contributed by atoms with Gasteiger partial charge in [-0.1, -0.05) is 30.7 Å². The highest BCUT2D eigenvalue weighted by Gasteiger charge is 2.36. The summed E-state index contributed by atoms with van der Waals surface area (Å²) in [5.74, 6) is -0.328. The van der Waals surface area contributed by atoms with Crippen LogP contribution in [0.3, 0.4) is 0 Å². The van der Waals surface area contributed by atoms with Crippen molar-refractivity contribution < 1.29 is 14.3 Å². The number of benzene rings is 1. The molecule has 5 nitrogen and oxygen atoms in total. The number of rotatable bonds is 4. The van der Waals surface area contributed by atoms with Gasteiger partial charge in [-0.25, -0.2) is 0 Å². The van der Waals surface area contributed by atoms with Crippen LogP contribution in [0.2, 0.25) is 5.02 Å². The van der Waals surface area contributed by atoms with Gasteiger partial charge in [0.05, 0.1) is 30.3 Å². The summed E-state index contributed by atoms with van der Waals surface area (Å²) in [6, 6.07) is 7.10. The van der Waals surface area contributed by atoms with E-state index in [1.54, 1.807) is 18.2 Å². The Kier molecular flexibility index (Phi) is 5.20. The molecule has 2 unspecified atom stereocenters. The fraction of sp³-hybridized carbons (Fsp3) is 0.467. The molecule has 21 heavy (non-hydrogen) atoms. The van der Waals surface area contributed by atoms with Crippen LogP contribution in [-0.4, -0.2) is 43.5 Å². The SMILES string of the molecule is COC(=O)C1CN(CC(=O)Nc2ccccc2Cl)CC1C. The van der Waals surface area contributed by atoms with E-state index in [4.69, 9.17) is 16.3 Å². The Morgan fingerprint density at radius 2 is 2.10 bits per heavy atom. The topological polar surface area (TPSA) is 58.6 Å². The van der Waals surface area contributed by atoms with Gasteiger partial charge in [-0.15, -0.1) is 0 Å². The molecule has 0 spiro atoms. The van der Waals surface area contributed by atoms with Crippen molar-refractivity contribution in [2.45, 2.75) is 6.92 Å². The number of nitrogens with one attached hydrogen (secondary N) is 1. The molecule has 1 amide bonds. The number of hydrogen-bond acceptors (Lipinski definition) is 4. The van der Waals surface area contributed by atoms with E-state index >= 15 is 0 Å². The molecular formula is C15H19ClN2O3. The van der Waals surface area contributed by atoms with Crippen molar-refractivity contribution in [3.05, 3.63) is 29.3 Å². The Morgan fingerprint density at radius 1 is 1.38 bits per heavy atom. The quantitative estimate of drug-likeness (QED) is 0.864. The first-order valence-corrected chi connectivity index (χ1v) is 7.23. The minimum atomic E-state index is -0.212. The second kappa shape index (κ2) is 6.91. The number of para-hydroxylation sites is 1. The summed E-state index contributed by atoms with van der Waals surface area (Å²) in [5, 5.41) is 3.29. The number of methoxy groups -OCH3 is 1. The Labute approximate surface area is 129 Å². The number of anilines is 1. The lowest BCUT2D eigenvalue weighted by atomic mass is 9.99. The van der Waals surface area contributed by atoms with E-state index in [1.807, 2.05) is 17.9 Å². The first-order chi connectivity index (χ1) is 10.0. The Morgan fingerprint density at radius 3 is 2.76 bits per heavy atom. The van der Waals surface area contributed by atoms with Crippen LogP contribution in [0.1, 0.15) is 6.92 Å². The normalized spacial score (nSPS) is 22.0. The van der Waals surface area contributed by atoms with E-state index in [2.05, 4.69) is 5.32 Å². The Balaban J connectivity index is 1.90. The zero-order valence-electron chi connectivity index (χ0n) is 12.1. The number of carbonyl (C=O) groups is 2. The fourth-order valence-electron chi connectivity index (χ4n) is 2.61. The molecule has 1 N–H and O–H groups in total. The highest BCUT2D eigenvalue weighted by atomic mass is 35.5. The van der Waals surface area contributed by atoms with Gasteiger partial charge in [-0.2, -0.15) is 0 Å². The van der Waals surface area contributed by atoms with Gasteiger partial charge in [0.2, 0.25) is 5.91 Å². The minimum Gasteiger partial charge on any atom is -0.469 e. The van der Waals surface area contributed by atoms with Crippen LogP contribution in [-0.2, 0) is 14.3 Å². The van der Waals surface area contributed by atoms with E-state index in [-0.39, 0.29) is 30.3 Å². The molecule has 114 valence electrons. The molecule has 0 radical (unpaired) electrons. The van der Waals surface area contributed by atoms with Crippen molar-refractivity contribution in [3.63, 3.8) is 0 Å². The molecule has 2 atom stereocenters. The van der Waals surface area contributed by atoms with Crippen molar-refractivity contribution in [2.24, 2.45) is 11.8 Å². The summed E-state index contributed by atoms with van der Waals surface area (Å²) in [6.07, 6.45) is 0. The molecule has 1 aliphatic rings. The highest BCUT2D eigenvalue weighted by Crippen LogP contribution is 2.24. The van der Waals surface area contributed by atoms with Gasteiger partial charge < -0.3 is 10.1 Å². The maximum Gasteiger partial charge on any atom is 0.310 e. The molecule has 0 saturated carbocycles. The third-order valence-electron chi connectivity index (χ3n) is 3.71. The smallest absolute Gasteiger partial charge is 0.310 e. The third kappa shape index (κ3) is 3.95. The van der Waals surface area contributed by atoms with Crippen LogP contribution in [0.4, 0.5) is 5.69 Å². The molecule has 0 aromatic heterocycles. The number of ether oxygens (including phenoxy) is 1. The van der Waals surface area contributed by atoms with Crippen LogP contribution in [0.15, 0.2) is 24.3 Å². The molecule has 1 aromatic rings. The van der Waals surface area contributed by atoms with E-state index < -0.39 is 0 Å². The zero-order valence-corrected chi connectivity index (χ0v) is 12.9. The first kappa shape index (κ1) is 15.8. The predicted molar refractivity (Wildman–Crippen MR) is 81.2 cm³/mol. The van der Waals surface area contributed by atoms with Crippen molar-refractivity contribution in [3.8, 4) is 0 Å². The molecule has 6 heteroatoms. The number of carbonyl (C=O) groups excluding carboxylic acids is 2. The molecule has 1 heterocycles. The molecule has 1 aliphatic heterocycles. The van der Waals surface area contributed by atoms with Gasteiger partial charge in [-0.3, -0.25) is 14.5 Å². The maximum atomic E-state index is 12.0. The number of hydrogen-bond donors (Lipinski definition) is 1. The zero-order chi connectivity index (χ0) is 15.4. The molecule has 1 saturated heterocycles. The molecule has 0 bridgehead atoms. The lowest BCUT2D eigenvalue weighted by Crippen LogP contribution is -2.32. The average molecular weight is 311 g/mol. The predicted octanol–water partition coefficient (Wildman–Crippen LogP) is 2.02. The molecular weight excluding hydrogens is 292 g/mol. The van der Waals surface area contributed by atoms with Crippen molar-refractivity contribution in [1.82, 2.24) is 4.90 Å². The monoisotopic (exact) mass is 310 g/mol. The highest BCUT2D eigenvalue weighted by molar-refractivity contribution is 6.33. The summed E-state index contributed by atoms with van der Waals surface area (Å²) < 4.78 is 4.79. The number of halogens is 1. The summed E-state index contributed by atoms with van der Waals surface area (Å²) in [7, 11) is 1.39. The van der Waals surface area contributed by atoms with E-state index in [0.717, 1.165) is 0 Å². The molecule has 2 rings (SSSR count). The summed E-state index contributed by atoms with van der Waals surface area (Å²) >= 11 is 6.00. The summed E-state index contributed by atoms with van der Waals surface area (Å²) in [4.78, 5) is 25.6. The first-order valence-electron chi connectivity index (χ1n) is 6.86. The summed E-state index contributed by atoms with van der Waals surface area (Å²) in [5.41, 5.74) is 0.598. The second-order valence-corrected chi connectivity index (χ2v) is 5.74. The van der Waals surface area contributed by atoms with Crippen LogP contribution in [0, 0.1) is 11.8 Å². The number of esters is 1. The molecule has 1 aromatic carbocycles. The van der Waals surface area contributed by atoms with E-state index in [0.29, 0.717) is 23.8 Å². The van der Waals surface area contributed by atoms with Crippen molar-refractivity contribution in [2.75, 3.05) is 32.1 Å². The lowest BCUT2D eigenvalue weighted by Gasteiger charge is -2.15. The number of likely N-dealkylation sites (tertiary alicyclic amines) is 1. The van der Waals surface area contributed by atoms with Gasteiger partial charge in [-0.05, 0) is 18.1 Å². The van der Waals surface area contributed by atoms with E-state index in [9.17, 15) is 9.59 Å². The van der Waals surface area contributed by atoms with E-state index in [1.165, 1.54) is 7.11 Å². The van der Waals surface area contributed by atoms with Gasteiger partial charge in [0.25, 0.3) is 0 Å². The minimum absolute atomic E-state index is 0.138. The summed E-state index contributed by atoms with van der Waals surface area (Å²) in [6.45, 7) is 3.48. The molecule has 0 aliphatic carbocycles. The van der Waals surface area contributed by atoms with Gasteiger partial charge in [0.15, 0.2) is 0 Å². The lowest BCUT2D eigenvalue weighted by molar-refractivity contribution is -0.146. The van der Waals surface area contributed by atoms with Crippen molar-refractivity contribution >= 4 is 29.2 Å². The Hall–Kier alpha value is -1.59. The fourth-order valence-corrected chi connectivity index (χ4v) is 2.79. The largest absolute Gasteiger partial charge is 0.469 e. The van der Waals surface area contributed by atoms with Crippen LogP contribution in [0.25, 0.3) is 0 Å². The van der Waals surface area contributed by atoms with Gasteiger partial charge in [0.1, 0.15) is 0 Å². The number of amides is 1. The standard InChI is InChI=1S/C15H19ClN2O3/c1-10-7-18(8-11(10)15(20)21-2)9-14(19)17-13-6-4-3-5-12(13)16/h3-6,10-11H,7-9H2,1-2H3,(H,17,19). The average Bonchev–Trinajstić information content (AvgIpc) is 2.81. The van der Waals surface area contributed by atoms with Crippen LogP contribution in [0.5, 0.6) is 0 Å². The van der Waals surface area contributed by atoms with Crippen LogP contribution >= 0.6 is 11.6 Å².